The highest BCUT2D eigenvalue weighted by atomic mass is 14.4. The molecule has 5 aromatic rings. The van der Waals surface area contributed by atoms with E-state index in [-0.39, 0.29) is 5.41 Å². The van der Waals surface area contributed by atoms with Crippen molar-refractivity contribution < 1.29 is 0 Å². The summed E-state index contributed by atoms with van der Waals surface area (Å²) in [6.45, 7) is 9.00. The highest BCUT2D eigenvalue weighted by Crippen LogP contribution is 2.53. The highest BCUT2D eigenvalue weighted by Gasteiger charge is 2.37. The van der Waals surface area contributed by atoms with Crippen LogP contribution in [-0.2, 0) is 5.41 Å². The van der Waals surface area contributed by atoms with Gasteiger partial charge < -0.3 is 0 Å². The van der Waals surface area contributed by atoms with Gasteiger partial charge in [0.1, 0.15) is 0 Å². The minimum Gasteiger partial charge on any atom is -0.0656 e. The Morgan fingerprint density at radius 3 is 1.63 bits per heavy atom. The summed E-state index contributed by atoms with van der Waals surface area (Å²) in [5, 5.41) is 8.19. The van der Waals surface area contributed by atoms with E-state index in [1.807, 2.05) is 0 Å². The van der Waals surface area contributed by atoms with Crippen molar-refractivity contribution in [1.82, 2.24) is 0 Å². The molecule has 0 unspecified atom stereocenters. The normalized spacial score (nSPS) is 13.7. The monoisotopic (exact) mass is 388 g/mol. The van der Waals surface area contributed by atoms with Crippen LogP contribution in [0.25, 0.3) is 43.4 Å². The fraction of sp³-hybridized carbons (Fsp3) is 0.200. The van der Waals surface area contributed by atoms with Crippen molar-refractivity contribution >= 4 is 32.3 Å². The molecule has 0 N–H and O–H groups in total. The second-order valence-corrected chi connectivity index (χ2v) is 8.88. The quantitative estimate of drug-likeness (QED) is 0.232. The minimum atomic E-state index is -0.00331. The molecule has 0 aromatic heterocycles. The molecule has 6 rings (SSSR count). The SMILES string of the molecule is CC1(C)c2ccccc2-c2ccc3c4ccccc4c4ccccc4c3c21.CCC. The van der Waals surface area contributed by atoms with Crippen molar-refractivity contribution in [2.24, 2.45) is 0 Å². The molecular formula is C30H28. The predicted molar refractivity (Wildman–Crippen MR) is 132 cm³/mol. The molecule has 0 bridgehead atoms. The second-order valence-electron chi connectivity index (χ2n) is 8.88. The summed E-state index contributed by atoms with van der Waals surface area (Å²) in [5.74, 6) is 0. The van der Waals surface area contributed by atoms with Gasteiger partial charge >= 0.3 is 0 Å². The Morgan fingerprint density at radius 1 is 0.533 bits per heavy atom. The van der Waals surface area contributed by atoms with Crippen LogP contribution in [0.3, 0.4) is 0 Å². The Balaban J connectivity index is 0.000000609. The molecule has 0 radical (unpaired) electrons. The molecule has 0 amide bonds. The molecule has 0 heterocycles. The summed E-state index contributed by atoms with van der Waals surface area (Å²) in [6.07, 6.45) is 1.25. The molecule has 0 fully saturated rings. The van der Waals surface area contributed by atoms with Gasteiger partial charge in [0.2, 0.25) is 0 Å². The third-order valence-electron chi connectivity index (χ3n) is 6.42. The van der Waals surface area contributed by atoms with Gasteiger partial charge in [-0.25, -0.2) is 0 Å². The fourth-order valence-electron chi connectivity index (χ4n) is 5.27. The van der Waals surface area contributed by atoms with Gasteiger partial charge in [0, 0.05) is 5.41 Å². The van der Waals surface area contributed by atoms with Crippen molar-refractivity contribution in [2.45, 2.75) is 39.5 Å². The van der Waals surface area contributed by atoms with Crippen LogP contribution in [0.1, 0.15) is 45.2 Å². The van der Waals surface area contributed by atoms with Crippen LogP contribution in [0.4, 0.5) is 0 Å². The van der Waals surface area contributed by atoms with Crippen molar-refractivity contribution in [3.8, 4) is 11.1 Å². The molecule has 0 spiro atoms. The minimum absolute atomic E-state index is 0.00331. The van der Waals surface area contributed by atoms with Crippen LogP contribution in [0.5, 0.6) is 0 Å². The van der Waals surface area contributed by atoms with Gasteiger partial charge in [-0.15, -0.1) is 0 Å². The standard InChI is InChI=1S/C27H20.C3H8/c1-27(2)24-14-8-7-12-20(24)23-16-15-22-19-11-4-3-9-17(19)18-10-5-6-13-21(18)25(22)26(23)27;1-3-2/h3-16H,1-2H3;3H2,1-2H3. The maximum atomic E-state index is 2.38. The third kappa shape index (κ3) is 2.53. The van der Waals surface area contributed by atoms with Crippen molar-refractivity contribution in [2.75, 3.05) is 0 Å². The molecule has 0 heteroatoms. The van der Waals surface area contributed by atoms with Gasteiger partial charge in [0.05, 0.1) is 0 Å². The van der Waals surface area contributed by atoms with Crippen LogP contribution in [0, 0.1) is 0 Å². The number of rotatable bonds is 0. The van der Waals surface area contributed by atoms with Crippen molar-refractivity contribution in [1.29, 1.82) is 0 Å². The number of hydrogen-bond donors (Lipinski definition) is 0. The lowest BCUT2D eigenvalue weighted by Crippen LogP contribution is -2.15. The average Bonchev–Trinajstić information content (AvgIpc) is 3.02. The molecule has 0 saturated carbocycles. The zero-order valence-electron chi connectivity index (χ0n) is 18.3. The first-order valence-electron chi connectivity index (χ1n) is 11.1. The summed E-state index contributed by atoms with van der Waals surface area (Å²) in [5.41, 5.74) is 5.68. The molecule has 0 aliphatic heterocycles. The predicted octanol–water partition coefficient (Wildman–Crippen LogP) is 8.87. The van der Waals surface area contributed by atoms with Crippen LogP contribution in [0.15, 0.2) is 84.9 Å². The van der Waals surface area contributed by atoms with Gasteiger partial charge in [0.25, 0.3) is 0 Å². The van der Waals surface area contributed by atoms with Crippen LogP contribution >= 0.6 is 0 Å². The molecule has 1 aliphatic carbocycles. The van der Waals surface area contributed by atoms with E-state index in [1.54, 1.807) is 0 Å². The van der Waals surface area contributed by atoms with E-state index >= 15 is 0 Å². The first-order valence-corrected chi connectivity index (χ1v) is 11.1. The van der Waals surface area contributed by atoms with Gasteiger partial charge in [0.15, 0.2) is 0 Å². The van der Waals surface area contributed by atoms with E-state index < -0.39 is 0 Å². The summed E-state index contributed by atoms with van der Waals surface area (Å²) >= 11 is 0. The molecule has 0 saturated heterocycles. The Bertz CT molecular complexity index is 1370. The van der Waals surface area contributed by atoms with E-state index in [4.69, 9.17) is 0 Å². The van der Waals surface area contributed by atoms with Gasteiger partial charge in [-0.2, -0.15) is 0 Å². The van der Waals surface area contributed by atoms with Crippen LogP contribution < -0.4 is 0 Å². The topological polar surface area (TPSA) is 0 Å². The Labute approximate surface area is 179 Å². The van der Waals surface area contributed by atoms with E-state index in [0.29, 0.717) is 0 Å². The van der Waals surface area contributed by atoms with Crippen molar-refractivity contribution in [3.05, 3.63) is 96.1 Å². The molecule has 1 aliphatic rings. The second kappa shape index (κ2) is 6.99. The molecule has 30 heavy (non-hydrogen) atoms. The van der Waals surface area contributed by atoms with E-state index in [9.17, 15) is 0 Å². The maximum absolute atomic E-state index is 2.38. The summed E-state index contributed by atoms with van der Waals surface area (Å²) in [4.78, 5) is 0. The Morgan fingerprint density at radius 2 is 1.00 bits per heavy atom. The van der Waals surface area contributed by atoms with E-state index in [0.717, 1.165) is 0 Å². The average molecular weight is 389 g/mol. The number of fused-ring (bicyclic) bond motifs is 10. The smallest absolute Gasteiger partial charge is 0.0165 e. The molecule has 0 atom stereocenters. The van der Waals surface area contributed by atoms with Gasteiger partial charge in [-0.1, -0.05) is 119 Å². The molecule has 148 valence electrons. The Hall–Kier alpha value is -3.12. The van der Waals surface area contributed by atoms with Crippen LogP contribution in [-0.4, -0.2) is 0 Å². The third-order valence-corrected chi connectivity index (χ3v) is 6.42. The summed E-state index contributed by atoms with van der Waals surface area (Å²) < 4.78 is 0. The zero-order chi connectivity index (χ0) is 20.9. The zero-order valence-corrected chi connectivity index (χ0v) is 18.3. The first-order chi connectivity index (χ1) is 14.6. The number of benzene rings is 5. The molecule has 5 aromatic carbocycles. The van der Waals surface area contributed by atoms with Crippen molar-refractivity contribution in [3.63, 3.8) is 0 Å². The van der Waals surface area contributed by atoms with Gasteiger partial charge in [-0.05, 0) is 54.6 Å². The molecular weight excluding hydrogens is 360 g/mol. The lowest BCUT2D eigenvalue weighted by atomic mass is 9.78. The van der Waals surface area contributed by atoms with Gasteiger partial charge in [-0.3, -0.25) is 0 Å². The van der Waals surface area contributed by atoms with E-state index in [1.165, 1.54) is 61.0 Å². The first kappa shape index (κ1) is 18.9. The lowest BCUT2D eigenvalue weighted by Gasteiger charge is -2.24. The van der Waals surface area contributed by atoms with E-state index in [2.05, 4.69) is 113 Å². The largest absolute Gasteiger partial charge is 0.0656 e. The summed E-state index contributed by atoms with van der Waals surface area (Å²) in [7, 11) is 0. The Kier molecular flexibility index (Phi) is 4.40. The highest BCUT2D eigenvalue weighted by molar-refractivity contribution is 6.27. The maximum Gasteiger partial charge on any atom is 0.0165 e. The molecule has 0 nitrogen and oxygen atoms in total. The number of hydrogen-bond acceptors (Lipinski definition) is 0. The summed E-state index contributed by atoms with van der Waals surface area (Å²) in [6, 6.07) is 31.3. The fourth-order valence-corrected chi connectivity index (χ4v) is 5.27. The lowest BCUT2D eigenvalue weighted by molar-refractivity contribution is 0.666. The van der Waals surface area contributed by atoms with Crippen LogP contribution in [0.2, 0.25) is 0 Å².